The van der Waals surface area contributed by atoms with Crippen molar-refractivity contribution in [1.29, 1.82) is 0 Å². The summed E-state index contributed by atoms with van der Waals surface area (Å²) in [6, 6.07) is 10.2. The highest BCUT2D eigenvalue weighted by Gasteiger charge is 2.16. The van der Waals surface area contributed by atoms with Crippen LogP contribution < -0.4 is 5.32 Å². The molecule has 3 rings (SSSR count). The van der Waals surface area contributed by atoms with E-state index in [0.717, 1.165) is 11.4 Å². The Balaban J connectivity index is 1.90. The Kier molecular flexibility index (Phi) is 4.29. The van der Waals surface area contributed by atoms with Crippen molar-refractivity contribution in [2.45, 2.75) is 13.3 Å². The second kappa shape index (κ2) is 6.53. The Bertz CT molecular complexity index is 854. The molecule has 0 bridgehead atoms. The molecule has 0 aliphatic carbocycles. The van der Waals surface area contributed by atoms with E-state index in [2.05, 4.69) is 15.5 Å². The lowest BCUT2D eigenvalue weighted by Crippen LogP contribution is -2.12. The summed E-state index contributed by atoms with van der Waals surface area (Å²) in [6.07, 6.45) is 1.39. The van der Waals surface area contributed by atoms with Gasteiger partial charge in [-0.05, 0) is 24.6 Å². The number of furan rings is 1. The molecule has 6 nitrogen and oxygen atoms in total. The van der Waals surface area contributed by atoms with E-state index in [1.807, 2.05) is 6.92 Å². The fourth-order valence-electron chi connectivity index (χ4n) is 2.07. The van der Waals surface area contributed by atoms with Crippen LogP contribution in [-0.4, -0.2) is 22.4 Å². The Morgan fingerprint density at radius 2 is 2.09 bits per heavy atom. The lowest BCUT2D eigenvalue weighted by molar-refractivity contribution is 0.102. The topological polar surface area (TPSA) is 85.1 Å². The van der Waals surface area contributed by atoms with Crippen molar-refractivity contribution in [3.8, 4) is 11.3 Å². The third-order valence-corrected chi connectivity index (χ3v) is 4.15. The van der Waals surface area contributed by atoms with E-state index in [0.29, 0.717) is 28.3 Å². The van der Waals surface area contributed by atoms with Gasteiger partial charge in [-0.15, -0.1) is 10.2 Å². The van der Waals surface area contributed by atoms with Crippen LogP contribution in [0.15, 0.2) is 40.8 Å². The van der Waals surface area contributed by atoms with Gasteiger partial charge in [0.1, 0.15) is 10.8 Å². The SMILES string of the molecule is CCc1nnc(NC(=O)c2ccccc2-c2ccc(C=O)o2)s1. The van der Waals surface area contributed by atoms with Crippen molar-refractivity contribution >= 4 is 28.7 Å². The van der Waals surface area contributed by atoms with Gasteiger partial charge in [0.25, 0.3) is 5.91 Å². The maximum absolute atomic E-state index is 12.5. The fourth-order valence-corrected chi connectivity index (χ4v) is 2.74. The molecule has 1 amide bonds. The van der Waals surface area contributed by atoms with Gasteiger partial charge in [0.05, 0.1) is 5.56 Å². The molecule has 0 spiro atoms. The number of aldehydes is 1. The van der Waals surface area contributed by atoms with Gasteiger partial charge in [0, 0.05) is 5.56 Å². The quantitative estimate of drug-likeness (QED) is 0.726. The van der Waals surface area contributed by atoms with Gasteiger partial charge >= 0.3 is 0 Å². The van der Waals surface area contributed by atoms with Crippen LogP contribution in [0.3, 0.4) is 0 Å². The molecule has 0 saturated carbocycles. The maximum atomic E-state index is 12.5. The number of hydrogen-bond acceptors (Lipinski definition) is 6. The second-order valence-corrected chi connectivity index (χ2v) is 5.74. The third kappa shape index (κ3) is 3.19. The average molecular weight is 327 g/mol. The number of hydrogen-bond donors (Lipinski definition) is 1. The zero-order chi connectivity index (χ0) is 16.2. The maximum Gasteiger partial charge on any atom is 0.258 e. The van der Waals surface area contributed by atoms with Crippen molar-refractivity contribution in [1.82, 2.24) is 10.2 Å². The minimum atomic E-state index is -0.302. The summed E-state index contributed by atoms with van der Waals surface area (Å²) in [5.41, 5.74) is 1.05. The smallest absolute Gasteiger partial charge is 0.258 e. The third-order valence-electron chi connectivity index (χ3n) is 3.17. The summed E-state index contributed by atoms with van der Waals surface area (Å²) < 4.78 is 5.41. The number of amides is 1. The predicted octanol–water partition coefficient (Wildman–Crippen LogP) is 3.43. The van der Waals surface area contributed by atoms with Crippen LogP contribution in [-0.2, 0) is 6.42 Å². The van der Waals surface area contributed by atoms with Crippen molar-refractivity contribution in [2.24, 2.45) is 0 Å². The van der Waals surface area contributed by atoms with E-state index < -0.39 is 0 Å². The number of carbonyl (C=O) groups excluding carboxylic acids is 2. The molecule has 2 heterocycles. The van der Waals surface area contributed by atoms with Gasteiger partial charge in [-0.25, -0.2) is 0 Å². The second-order valence-electron chi connectivity index (χ2n) is 4.67. The first-order chi connectivity index (χ1) is 11.2. The first-order valence-corrected chi connectivity index (χ1v) is 7.81. The Morgan fingerprint density at radius 1 is 1.26 bits per heavy atom. The summed E-state index contributed by atoms with van der Waals surface area (Å²) in [4.78, 5) is 23.3. The van der Waals surface area contributed by atoms with Crippen LogP contribution in [0, 0.1) is 0 Å². The highest BCUT2D eigenvalue weighted by atomic mass is 32.1. The Labute approximate surface area is 136 Å². The van der Waals surface area contributed by atoms with E-state index in [-0.39, 0.29) is 11.7 Å². The van der Waals surface area contributed by atoms with Gasteiger partial charge < -0.3 is 4.42 Å². The lowest BCUT2D eigenvalue weighted by atomic mass is 10.0. The number of rotatable bonds is 5. The minimum absolute atomic E-state index is 0.215. The number of nitrogens with one attached hydrogen (secondary N) is 1. The van der Waals surface area contributed by atoms with Crippen molar-refractivity contribution in [2.75, 3.05) is 5.32 Å². The van der Waals surface area contributed by atoms with E-state index in [1.54, 1.807) is 36.4 Å². The van der Waals surface area contributed by atoms with Crippen LogP contribution in [0.2, 0.25) is 0 Å². The summed E-state index contributed by atoms with van der Waals surface area (Å²) in [7, 11) is 0. The van der Waals surface area contributed by atoms with Gasteiger partial charge in [0.2, 0.25) is 5.13 Å². The Morgan fingerprint density at radius 3 is 2.78 bits per heavy atom. The zero-order valence-corrected chi connectivity index (χ0v) is 13.1. The van der Waals surface area contributed by atoms with Crippen LogP contribution in [0.4, 0.5) is 5.13 Å². The van der Waals surface area contributed by atoms with E-state index in [4.69, 9.17) is 4.42 Å². The summed E-state index contributed by atoms with van der Waals surface area (Å²) in [5.74, 6) is 0.375. The summed E-state index contributed by atoms with van der Waals surface area (Å²) >= 11 is 1.34. The van der Waals surface area contributed by atoms with Crippen LogP contribution in [0.25, 0.3) is 11.3 Å². The highest BCUT2D eigenvalue weighted by molar-refractivity contribution is 7.15. The molecular formula is C16H13N3O3S. The van der Waals surface area contributed by atoms with Crippen molar-refractivity contribution in [3.63, 3.8) is 0 Å². The molecule has 23 heavy (non-hydrogen) atoms. The largest absolute Gasteiger partial charge is 0.453 e. The highest BCUT2D eigenvalue weighted by Crippen LogP contribution is 2.26. The van der Waals surface area contributed by atoms with Crippen LogP contribution >= 0.6 is 11.3 Å². The van der Waals surface area contributed by atoms with Gasteiger partial charge in [-0.2, -0.15) is 0 Å². The summed E-state index contributed by atoms with van der Waals surface area (Å²) in [5, 5.41) is 12.0. The minimum Gasteiger partial charge on any atom is -0.453 e. The number of anilines is 1. The predicted molar refractivity (Wildman–Crippen MR) is 86.8 cm³/mol. The van der Waals surface area contributed by atoms with Crippen molar-refractivity contribution in [3.05, 3.63) is 52.7 Å². The van der Waals surface area contributed by atoms with Gasteiger partial charge in [-0.1, -0.05) is 36.5 Å². The molecule has 0 saturated heterocycles. The van der Waals surface area contributed by atoms with Crippen LogP contribution in [0.5, 0.6) is 0 Å². The molecule has 0 unspecified atom stereocenters. The molecule has 116 valence electrons. The molecule has 0 atom stereocenters. The standard InChI is InChI=1S/C16H13N3O3S/c1-2-14-18-19-16(23-14)17-15(21)12-6-4-3-5-11(12)13-8-7-10(9-20)22-13/h3-9H,2H2,1H3,(H,17,19,21). The molecular weight excluding hydrogens is 314 g/mol. The first-order valence-electron chi connectivity index (χ1n) is 6.99. The number of benzene rings is 1. The number of nitrogens with zero attached hydrogens (tertiary/aromatic N) is 2. The monoisotopic (exact) mass is 327 g/mol. The molecule has 0 aliphatic heterocycles. The van der Waals surface area contributed by atoms with E-state index in [1.165, 1.54) is 11.3 Å². The van der Waals surface area contributed by atoms with E-state index >= 15 is 0 Å². The normalized spacial score (nSPS) is 10.5. The zero-order valence-electron chi connectivity index (χ0n) is 12.3. The molecule has 0 radical (unpaired) electrons. The van der Waals surface area contributed by atoms with Crippen molar-refractivity contribution < 1.29 is 14.0 Å². The molecule has 1 aromatic carbocycles. The summed E-state index contributed by atoms with van der Waals surface area (Å²) in [6.45, 7) is 1.98. The number of carbonyl (C=O) groups is 2. The van der Waals surface area contributed by atoms with Crippen LogP contribution in [0.1, 0.15) is 32.8 Å². The molecule has 0 fully saturated rings. The lowest BCUT2D eigenvalue weighted by Gasteiger charge is -2.06. The van der Waals surface area contributed by atoms with Gasteiger partial charge in [0.15, 0.2) is 12.0 Å². The van der Waals surface area contributed by atoms with E-state index in [9.17, 15) is 9.59 Å². The fraction of sp³-hybridized carbons (Fsp3) is 0.125. The number of aromatic nitrogens is 2. The molecule has 3 aromatic rings. The Hall–Kier alpha value is -2.80. The molecule has 1 N–H and O–H groups in total. The number of aryl methyl sites for hydroxylation is 1. The average Bonchev–Trinajstić information content (AvgIpc) is 3.23. The molecule has 2 aromatic heterocycles. The molecule has 7 heteroatoms. The van der Waals surface area contributed by atoms with Gasteiger partial charge in [-0.3, -0.25) is 14.9 Å². The molecule has 0 aliphatic rings. The first kappa shape index (κ1) is 15.1.